The van der Waals surface area contributed by atoms with Crippen molar-refractivity contribution >= 4 is 40.6 Å². The van der Waals surface area contributed by atoms with Crippen molar-refractivity contribution < 1.29 is 4.79 Å². The van der Waals surface area contributed by atoms with Gasteiger partial charge in [0.25, 0.3) is 0 Å². The topological polar surface area (TPSA) is 32.3 Å². The lowest BCUT2D eigenvalue weighted by Gasteiger charge is -2.25. The number of nitrogens with zero attached hydrogens (tertiary/aromatic N) is 1. The van der Waals surface area contributed by atoms with E-state index in [-0.39, 0.29) is 5.91 Å². The molecule has 1 aromatic heterocycles. The molecule has 0 aromatic carbocycles. The van der Waals surface area contributed by atoms with E-state index in [9.17, 15) is 4.79 Å². The summed E-state index contributed by atoms with van der Waals surface area (Å²) in [6.07, 6.45) is 0.586. The van der Waals surface area contributed by atoms with E-state index in [2.05, 4.69) is 5.32 Å². The van der Waals surface area contributed by atoms with Crippen molar-refractivity contribution in [2.75, 3.05) is 25.1 Å². The molecular weight excluding hydrogens is 288 g/mol. The lowest BCUT2D eigenvalue weighted by molar-refractivity contribution is -0.130. The maximum Gasteiger partial charge on any atom is 0.224 e. The number of nitrogens with one attached hydrogen (secondary N) is 1. The van der Waals surface area contributed by atoms with Crippen molar-refractivity contribution in [3.63, 3.8) is 0 Å². The first-order valence-electron chi connectivity index (χ1n) is 5.94. The second-order valence-electron chi connectivity index (χ2n) is 4.39. The van der Waals surface area contributed by atoms with Gasteiger partial charge in [0.2, 0.25) is 5.91 Å². The zero-order valence-corrected chi connectivity index (χ0v) is 12.7. The fourth-order valence-corrected chi connectivity index (χ4v) is 3.97. The van der Waals surface area contributed by atoms with Crippen LogP contribution in [0.1, 0.15) is 11.3 Å². The number of carbonyl (C=O) groups is 1. The zero-order valence-electron chi connectivity index (χ0n) is 10.3. The van der Waals surface area contributed by atoms with Crippen molar-refractivity contribution in [3.8, 4) is 0 Å². The van der Waals surface area contributed by atoms with Gasteiger partial charge in [0, 0.05) is 42.4 Å². The Kier molecular flexibility index (Phi) is 5.36. The Balaban J connectivity index is 1.80. The van der Waals surface area contributed by atoms with Crippen molar-refractivity contribution in [3.05, 3.63) is 21.3 Å². The predicted molar refractivity (Wildman–Crippen MR) is 79.5 cm³/mol. The molecule has 2 rings (SSSR count). The number of thiophene rings is 1. The van der Waals surface area contributed by atoms with E-state index in [1.165, 1.54) is 11.3 Å². The minimum atomic E-state index is 0.194. The smallest absolute Gasteiger partial charge is 0.224 e. The molecule has 1 amide bonds. The van der Waals surface area contributed by atoms with Crippen molar-refractivity contribution in [2.45, 2.75) is 19.0 Å². The third kappa shape index (κ3) is 4.16. The Morgan fingerprint density at radius 1 is 1.61 bits per heavy atom. The fourth-order valence-electron chi connectivity index (χ4n) is 1.88. The van der Waals surface area contributed by atoms with Gasteiger partial charge in [-0.25, -0.2) is 0 Å². The Bertz CT molecular complexity index is 405. The number of hydrogen-bond donors (Lipinski definition) is 1. The summed E-state index contributed by atoms with van der Waals surface area (Å²) in [4.78, 5) is 15.0. The van der Waals surface area contributed by atoms with Crippen LogP contribution in [0.15, 0.2) is 12.1 Å². The van der Waals surface area contributed by atoms with Gasteiger partial charge >= 0.3 is 0 Å². The molecule has 1 aromatic rings. The summed E-state index contributed by atoms with van der Waals surface area (Å²) in [7, 11) is 1.85. The molecule has 1 fully saturated rings. The molecular formula is C12H17ClN2OS2. The summed E-state index contributed by atoms with van der Waals surface area (Å²) >= 11 is 9.33. The minimum Gasteiger partial charge on any atom is -0.341 e. The second-order valence-corrected chi connectivity index (χ2v) is 7.34. The third-order valence-corrected chi connectivity index (χ3v) is 5.21. The van der Waals surface area contributed by atoms with E-state index in [0.717, 1.165) is 27.3 Å². The Morgan fingerprint density at radius 3 is 3.06 bits per heavy atom. The van der Waals surface area contributed by atoms with Crippen LogP contribution >= 0.6 is 34.7 Å². The molecule has 0 aliphatic carbocycles. The molecule has 1 aliphatic heterocycles. The SMILES string of the molecule is CN(Cc1ccc(Cl)s1)C(=O)CC1CSCCN1. The number of halogens is 1. The van der Waals surface area contributed by atoms with Gasteiger partial charge in [-0.15, -0.1) is 11.3 Å². The van der Waals surface area contributed by atoms with Gasteiger partial charge in [0.05, 0.1) is 10.9 Å². The first-order chi connectivity index (χ1) is 8.65. The van der Waals surface area contributed by atoms with E-state index in [4.69, 9.17) is 11.6 Å². The molecule has 1 aliphatic rings. The van der Waals surface area contributed by atoms with Gasteiger partial charge in [-0.1, -0.05) is 11.6 Å². The standard InChI is InChI=1S/C12H17ClN2OS2/c1-15(7-10-2-3-11(13)18-10)12(16)6-9-8-17-5-4-14-9/h2-3,9,14H,4-8H2,1H3. The summed E-state index contributed by atoms with van der Waals surface area (Å²) in [6, 6.07) is 4.18. The maximum atomic E-state index is 12.1. The van der Waals surface area contributed by atoms with Crippen LogP contribution in [0.2, 0.25) is 4.34 Å². The molecule has 3 nitrogen and oxygen atoms in total. The van der Waals surface area contributed by atoms with Crippen LogP contribution in [-0.4, -0.2) is 41.9 Å². The molecule has 1 N–H and O–H groups in total. The molecule has 6 heteroatoms. The van der Waals surface area contributed by atoms with E-state index < -0.39 is 0 Å². The maximum absolute atomic E-state index is 12.1. The Morgan fingerprint density at radius 2 is 2.44 bits per heavy atom. The predicted octanol–water partition coefficient (Wildman–Crippen LogP) is 2.46. The quantitative estimate of drug-likeness (QED) is 0.927. The van der Waals surface area contributed by atoms with Crippen molar-refractivity contribution in [1.29, 1.82) is 0 Å². The molecule has 100 valence electrons. The van der Waals surface area contributed by atoms with Crippen molar-refractivity contribution in [1.82, 2.24) is 10.2 Å². The van der Waals surface area contributed by atoms with Gasteiger partial charge in [-0.2, -0.15) is 11.8 Å². The number of thioether (sulfide) groups is 1. The van der Waals surface area contributed by atoms with E-state index >= 15 is 0 Å². The molecule has 0 saturated carbocycles. The van der Waals surface area contributed by atoms with Gasteiger partial charge in [0.15, 0.2) is 0 Å². The summed E-state index contributed by atoms with van der Waals surface area (Å²) in [5, 5.41) is 3.39. The highest BCUT2D eigenvalue weighted by atomic mass is 35.5. The first-order valence-corrected chi connectivity index (χ1v) is 8.29. The molecule has 2 heterocycles. The first kappa shape index (κ1) is 14.2. The fraction of sp³-hybridized carbons (Fsp3) is 0.583. The number of amides is 1. The minimum absolute atomic E-state index is 0.194. The summed E-state index contributed by atoms with van der Waals surface area (Å²) in [6.45, 7) is 1.66. The van der Waals surface area contributed by atoms with Crippen LogP contribution in [0.5, 0.6) is 0 Å². The molecule has 1 atom stereocenters. The van der Waals surface area contributed by atoms with E-state index in [1.807, 2.05) is 30.9 Å². The molecule has 0 radical (unpaired) electrons. The van der Waals surface area contributed by atoms with Gasteiger partial charge < -0.3 is 10.2 Å². The average molecular weight is 305 g/mol. The Hall–Kier alpha value is -0.230. The largest absolute Gasteiger partial charge is 0.341 e. The normalized spacial score (nSPS) is 19.8. The third-order valence-electron chi connectivity index (χ3n) is 2.87. The number of carbonyl (C=O) groups excluding carboxylic acids is 1. The molecule has 0 bridgehead atoms. The average Bonchev–Trinajstić information content (AvgIpc) is 2.76. The van der Waals surface area contributed by atoms with Crippen LogP contribution in [-0.2, 0) is 11.3 Å². The molecule has 0 spiro atoms. The van der Waals surface area contributed by atoms with Crippen LogP contribution in [0.25, 0.3) is 0 Å². The van der Waals surface area contributed by atoms with Gasteiger partial charge in [-0.3, -0.25) is 4.79 Å². The van der Waals surface area contributed by atoms with Crippen LogP contribution in [0.4, 0.5) is 0 Å². The van der Waals surface area contributed by atoms with Gasteiger partial charge in [0.1, 0.15) is 0 Å². The second kappa shape index (κ2) is 6.80. The number of hydrogen-bond acceptors (Lipinski definition) is 4. The highest BCUT2D eigenvalue weighted by Crippen LogP contribution is 2.22. The molecule has 1 saturated heterocycles. The van der Waals surface area contributed by atoms with E-state index in [0.29, 0.717) is 19.0 Å². The van der Waals surface area contributed by atoms with E-state index in [1.54, 1.807) is 4.90 Å². The lowest BCUT2D eigenvalue weighted by atomic mass is 10.2. The summed E-state index contributed by atoms with van der Waals surface area (Å²) in [5.74, 6) is 2.37. The summed E-state index contributed by atoms with van der Waals surface area (Å²) < 4.78 is 0.774. The van der Waals surface area contributed by atoms with Gasteiger partial charge in [-0.05, 0) is 12.1 Å². The Labute approximate surface area is 121 Å². The lowest BCUT2D eigenvalue weighted by Crippen LogP contribution is -2.41. The van der Waals surface area contributed by atoms with Crippen LogP contribution in [0.3, 0.4) is 0 Å². The molecule has 1 unspecified atom stereocenters. The van der Waals surface area contributed by atoms with Crippen molar-refractivity contribution in [2.24, 2.45) is 0 Å². The molecule has 18 heavy (non-hydrogen) atoms. The highest BCUT2D eigenvalue weighted by Gasteiger charge is 2.19. The van der Waals surface area contributed by atoms with Crippen LogP contribution in [0, 0.1) is 0 Å². The zero-order chi connectivity index (χ0) is 13.0. The number of rotatable bonds is 4. The summed E-state index contributed by atoms with van der Waals surface area (Å²) in [5.41, 5.74) is 0. The monoisotopic (exact) mass is 304 g/mol. The highest BCUT2D eigenvalue weighted by molar-refractivity contribution is 7.99. The van der Waals surface area contributed by atoms with Crippen LogP contribution < -0.4 is 5.32 Å².